The number of aryl methyl sites for hydroxylation is 1. The molecule has 0 unspecified atom stereocenters. The molecule has 0 fully saturated rings. The second-order valence-corrected chi connectivity index (χ2v) is 6.11. The predicted octanol–water partition coefficient (Wildman–Crippen LogP) is 2.64. The Morgan fingerprint density at radius 2 is 2.00 bits per heavy atom. The summed E-state index contributed by atoms with van der Waals surface area (Å²) in [6.45, 7) is 0. The van der Waals surface area contributed by atoms with E-state index in [2.05, 4.69) is 15.5 Å². The molecule has 2 aromatic carbocycles. The van der Waals surface area contributed by atoms with Crippen molar-refractivity contribution in [1.82, 2.24) is 4.57 Å². The van der Waals surface area contributed by atoms with Gasteiger partial charge in [-0.2, -0.15) is 0 Å². The van der Waals surface area contributed by atoms with Gasteiger partial charge >= 0.3 is 0 Å². The second-order valence-electron chi connectivity index (χ2n) is 5.10. The number of anilines is 1. The summed E-state index contributed by atoms with van der Waals surface area (Å²) in [4.78, 5) is 12.7. The minimum atomic E-state index is -0.416. The zero-order valence-corrected chi connectivity index (χ0v) is 12.9. The lowest BCUT2D eigenvalue weighted by Crippen LogP contribution is -2.15. The number of amides is 1. The van der Waals surface area contributed by atoms with Crippen molar-refractivity contribution in [3.63, 3.8) is 0 Å². The Morgan fingerprint density at radius 3 is 2.83 bits per heavy atom. The van der Waals surface area contributed by atoms with Gasteiger partial charge in [0.2, 0.25) is 4.80 Å². The summed E-state index contributed by atoms with van der Waals surface area (Å²) in [6, 6.07) is 12.0. The molecule has 1 aliphatic heterocycles. The topological polar surface area (TPSA) is 58.8 Å². The summed E-state index contributed by atoms with van der Waals surface area (Å²) in [6.07, 6.45) is 0. The predicted molar refractivity (Wildman–Crippen MR) is 87.9 cm³/mol. The average molecular weight is 326 g/mol. The van der Waals surface area contributed by atoms with Crippen LogP contribution in [0.3, 0.4) is 0 Å². The van der Waals surface area contributed by atoms with Crippen molar-refractivity contribution in [1.29, 1.82) is 0 Å². The zero-order valence-electron chi connectivity index (χ0n) is 12.1. The molecular weight excluding hydrogens is 315 g/mol. The number of thiazole rings is 1. The highest BCUT2D eigenvalue weighted by Crippen LogP contribution is 2.24. The Morgan fingerprint density at radius 1 is 1.17 bits per heavy atom. The Hall–Kier alpha value is -2.80. The summed E-state index contributed by atoms with van der Waals surface area (Å²) in [5, 5.41) is 10.9. The highest BCUT2D eigenvalue weighted by molar-refractivity contribution is 7.16. The molecule has 3 aromatic rings. The molecular formula is C16H11FN4OS. The number of carbonyl (C=O) groups excluding carboxylic acids is 1. The fraction of sp³-hybridized carbons (Fsp3) is 0.0625. The molecule has 0 spiro atoms. The third kappa shape index (κ3) is 2.25. The van der Waals surface area contributed by atoms with Crippen LogP contribution in [-0.2, 0) is 11.8 Å². The molecule has 5 nitrogen and oxygen atoms in total. The van der Waals surface area contributed by atoms with Gasteiger partial charge in [-0.3, -0.25) is 4.79 Å². The lowest BCUT2D eigenvalue weighted by atomic mass is 10.1. The van der Waals surface area contributed by atoms with Gasteiger partial charge < -0.3 is 9.88 Å². The van der Waals surface area contributed by atoms with Gasteiger partial charge in [-0.15, -0.1) is 10.2 Å². The SMILES string of the molecule is Cn1/c(=N\N=C2/C(=O)Nc3ccc(F)cc32)sc2ccccc21. The smallest absolute Gasteiger partial charge is 0.276 e. The number of fused-ring (bicyclic) bond motifs is 2. The molecule has 0 radical (unpaired) electrons. The van der Waals surface area contributed by atoms with Crippen LogP contribution >= 0.6 is 11.3 Å². The average Bonchev–Trinajstić information content (AvgIpc) is 3.03. The van der Waals surface area contributed by atoms with Crippen molar-refractivity contribution in [2.75, 3.05) is 5.32 Å². The number of benzene rings is 2. The maximum atomic E-state index is 13.4. The standard InChI is InChI=1S/C16H11FN4OS/c1-21-12-4-2-3-5-13(12)23-16(21)20-19-14-10-8-9(17)6-7-11(10)18-15(14)22/h2-8H,1H3,(H,18,19,22)/b20-16+. The minimum absolute atomic E-state index is 0.122. The van der Waals surface area contributed by atoms with Gasteiger partial charge in [0.05, 0.1) is 15.9 Å². The van der Waals surface area contributed by atoms with Crippen LogP contribution in [-0.4, -0.2) is 16.2 Å². The molecule has 1 aliphatic rings. The van der Waals surface area contributed by atoms with E-state index in [9.17, 15) is 9.18 Å². The van der Waals surface area contributed by atoms with Crippen LogP contribution < -0.4 is 10.1 Å². The Labute approximate surface area is 134 Å². The number of rotatable bonds is 1. The minimum Gasteiger partial charge on any atom is -0.320 e. The van der Waals surface area contributed by atoms with Crippen molar-refractivity contribution < 1.29 is 9.18 Å². The summed E-state index contributed by atoms with van der Waals surface area (Å²) in [5.74, 6) is -0.793. The van der Waals surface area contributed by atoms with E-state index in [0.29, 0.717) is 16.1 Å². The van der Waals surface area contributed by atoms with Crippen LogP contribution in [0.4, 0.5) is 10.1 Å². The van der Waals surface area contributed by atoms with E-state index in [1.54, 1.807) is 0 Å². The maximum Gasteiger partial charge on any atom is 0.276 e. The molecule has 23 heavy (non-hydrogen) atoms. The van der Waals surface area contributed by atoms with Gasteiger partial charge in [0.15, 0.2) is 5.71 Å². The van der Waals surface area contributed by atoms with Crippen molar-refractivity contribution in [2.45, 2.75) is 0 Å². The quantitative estimate of drug-likeness (QED) is 0.687. The van der Waals surface area contributed by atoms with Crippen LogP contribution in [0.15, 0.2) is 52.7 Å². The number of nitrogens with one attached hydrogen (secondary N) is 1. The molecule has 114 valence electrons. The van der Waals surface area contributed by atoms with Gasteiger partial charge in [0.1, 0.15) is 5.82 Å². The van der Waals surface area contributed by atoms with E-state index in [1.807, 2.05) is 35.9 Å². The fourth-order valence-corrected chi connectivity index (χ4v) is 3.46. The first-order valence-electron chi connectivity index (χ1n) is 6.91. The van der Waals surface area contributed by atoms with E-state index in [4.69, 9.17) is 0 Å². The number of halogens is 1. The first kappa shape index (κ1) is 13.8. The van der Waals surface area contributed by atoms with E-state index in [-0.39, 0.29) is 11.6 Å². The van der Waals surface area contributed by atoms with Gasteiger partial charge in [-0.25, -0.2) is 4.39 Å². The lowest BCUT2D eigenvalue weighted by molar-refractivity contribution is -0.110. The fourth-order valence-electron chi connectivity index (χ4n) is 2.50. The molecule has 0 atom stereocenters. The first-order valence-corrected chi connectivity index (χ1v) is 7.72. The van der Waals surface area contributed by atoms with Gasteiger partial charge in [0, 0.05) is 12.6 Å². The van der Waals surface area contributed by atoms with E-state index in [0.717, 1.165) is 10.2 Å². The van der Waals surface area contributed by atoms with Crippen LogP contribution in [0.1, 0.15) is 5.56 Å². The summed E-state index contributed by atoms with van der Waals surface area (Å²) in [5.41, 5.74) is 2.14. The Balaban J connectivity index is 1.86. The largest absolute Gasteiger partial charge is 0.320 e. The first-order chi connectivity index (χ1) is 11.1. The zero-order chi connectivity index (χ0) is 16.0. The number of para-hydroxylation sites is 1. The lowest BCUT2D eigenvalue weighted by Gasteiger charge is -1.96. The number of aromatic nitrogens is 1. The van der Waals surface area contributed by atoms with Crippen molar-refractivity contribution in [3.05, 3.63) is 58.6 Å². The molecule has 0 saturated heterocycles. The maximum absolute atomic E-state index is 13.4. The highest BCUT2D eigenvalue weighted by atomic mass is 32.1. The normalized spacial score (nSPS) is 16.2. The monoisotopic (exact) mass is 326 g/mol. The second kappa shape index (κ2) is 5.13. The number of nitrogens with zero attached hydrogens (tertiary/aromatic N) is 3. The molecule has 0 aliphatic carbocycles. The number of hydrogen-bond acceptors (Lipinski definition) is 4. The molecule has 1 N–H and O–H groups in total. The van der Waals surface area contributed by atoms with Crippen LogP contribution in [0, 0.1) is 5.82 Å². The van der Waals surface area contributed by atoms with Crippen molar-refractivity contribution in [3.8, 4) is 0 Å². The summed E-state index contributed by atoms with van der Waals surface area (Å²) in [7, 11) is 1.89. The summed E-state index contributed by atoms with van der Waals surface area (Å²) >= 11 is 1.48. The number of carbonyl (C=O) groups is 1. The van der Waals surface area contributed by atoms with Gasteiger partial charge in [-0.05, 0) is 30.3 Å². The molecule has 7 heteroatoms. The molecule has 0 bridgehead atoms. The molecule has 0 saturated carbocycles. The number of hydrogen-bond donors (Lipinski definition) is 1. The van der Waals surface area contributed by atoms with Crippen LogP contribution in [0.5, 0.6) is 0 Å². The molecule has 4 rings (SSSR count). The third-order valence-electron chi connectivity index (χ3n) is 3.65. The highest BCUT2D eigenvalue weighted by Gasteiger charge is 2.26. The third-order valence-corrected chi connectivity index (χ3v) is 4.75. The Bertz CT molecular complexity index is 1050. The summed E-state index contributed by atoms with van der Waals surface area (Å²) < 4.78 is 16.4. The van der Waals surface area contributed by atoms with Crippen LogP contribution in [0.25, 0.3) is 10.2 Å². The van der Waals surface area contributed by atoms with E-state index >= 15 is 0 Å². The van der Waals surface area contributed by atoms with E-state index < -0.39 is 5.82 Å². The van der Waals surface area contributed by atoms with Crippen LogP contribution in [0.2, 0.25) is 0 Å². The van der Waals surface area contributed by atoms with Gasteiger partial charge in [0.25, 0.3) is 5.91 Å². The molecule has 1 aromatic heterocycles. The molecule has 2 heterocycles. The Kier molecular flexibility index (Phi) is 3.09. The van der Waals surface area contributed by atoms with Gasteiger partial charge in [-0.1, -0.05) is 23.5 Å². The van der Waals surface area contributed by atoms with E-state index in [1.165, 1.54) is 29.5 Å². The van der Waals surface area contributed by atoms with Crippen molar-refractivity contribution >= 4 is 38.9 Å². The molecule has 1 amide bonds. The van der Waals surface area contributed by atoms with Crippen molar-refractivity contribution in [2.24, 2.45) is 17.3 Å².